The Morgan fingerprint density at radius 2 is 1.61 bits per heavy atom. The summed E-state index contributed by atoms with van der Waals surface area (Å²) in [5, 5.41) is -0.322. The van der Waals surface area contributed by atoms with Gasteiger partial charge in [-0.25, -0.2) is 0 Å². The van der Waals surface area contributed by atoms with E-state index in [2.05, 4.69) is 0 Å². The van der Waals surface area contributed by atoms with E-state index >= 15 is 0 Å². The molecule has 3 aromatic carbocycles. The fourth-order valence-electron chi connectivity index (χ4n) is 3.28. The molecule has 0 spiro atoms. The highest BCUT2D eigenvalue weighted by Crippen LogP contribution is 2.33. The van der Waals surface area contributed by atoms with Crippen LogP contribution in [0.2, 0.25) is 0 Å². The lowest BCUT2D eigenvalue weighted by Gasteiger charge is -2.12. The highest BCUT2D eigenvalue weighted by atomic mass is 32.2. The van der Waals surface area contributed by atoms with Crippen molar-refractivity contribution in [3.8, 4) is 5.75 Å². The van der Waals surface area contributed by atoms with Gasteiger partial charge in [-0.2, -0.15) is 8.42 Å². The van der Waals surface area contributed by atoms with E-state index in [-0.39, 0.29) is 28.3 Å². The lowest BCUT2D eigenvalue weighted by molar-refractivity contribution is -0.123. The minimum Gasteiger partial charge on any atom is -0.379 e. The Morgan fingerprint density at radius 3 is 2.27 bits per heavy atom. The Hall–Kier alpha value is -3.36. The van der Waals surface area contributed by atoms with Gasteiger partial charge >= 0.3 is 10.1 Å². The van der Waals surface area contributed by atoms with Gasteiger partial charge in [0.15, 0.2) is 0 Å². The Bertz CT molecular complexity index is 1340. The molecule has 1 heterocycles. The summed E-state index contributed by atoms with van der Waals surface area (Å²) in [4.78, 5) is 26.7. The number of hydrogen-bond donors (Lipinski definition) is 0. The predicted molar refractivity (Wildman–Crippen MR) is 128 cm³/mol. The molecule has 33 heavy (non-hydrogen) atoms. The molecule has 2 amide bonds. The van der Waals surface area contributed by atoms with Crippen LogP contribution in [0.4, 0.5) is 4.79 Å². The molecular weight excluding hydrogens is 458 g/mol. The molecule has 168 valence electrons. The predicted octanol–water partition coefficient (Wildman–Crippen LogP) is 5.31. The second-order valence-corrected chi connectivity index (χ2v) is 10.2. The number of imide groups is 1. The smallest absolute Gasteiger partial charge is 0.339 e. The molecule has 1 aliphatic rings. The maximum Gasteiger partial charge on any atom is 0.339 e. The van der Waals surface area contributed by atoms with Crippen LogP contribution < -0.4 is 4.18 Å². The topological polar surface area (TPSA) is 80.8 Å². The Labute approximate surface area is 197 Å². The molecule has 0 saturated carbocycles. The zero-order valence-corrected chi connectivity index (χ0v) is 19.7. The van der Waals surface area contributed by atoms with Gasteiger partial charge in [0, 0.05) is 0 Å². The number of carbonyl (C=O) groups excluding carboxylic acids is 2. The van der Waals surface area contributed by atoms with Crippen molar-refractivity contribution in [2.45, 2.75) is 25.3 Å². The molecule has 0 atom stereocenters. The largest absolute Gasteiger partial charge is 0.379 e. The monoisotopic (exact) mass is 479 g/mol. The van der Waals surface area contributed by atoms with Gasteiger partial charge in [0.05, 0.1) is 11.4 Å². The Kier molecular flexibility index (Phi) is 6.40. The summed E-state index contributed by atoms with van der Waals surface area (Å²) in [6, 6.07) is 20.3. The Morgan fingerprint density at radius 1 is 0.909 bits per heavy atom. The average Bonchev–Trinajstić information content (AvgIpc) is 3.02. The number of benzene rings is 3. The van der Waals surface area contributed by atoms with Crippen LogP contribution in [0.15, 0.2) is 82.6 Å². The minimum absolute atomic E-state index is 0.0689. The van der Waals surface area contributed by atoms with Crippen molar-refractivity contribution in [3.05, 3.63) is 100.0 Å². The molecule has 1 aliphatic heterocycles. The maximum absolute atomic E-state index is 12.8. The summed E-state index contributed by atoms with van der Waals surface area (Å²) in [6.07, 6.45) is 1.61. The second-order valence-electron chi connectivity index (χ2n) is 7.68. The molecule has 0 radical (unpaired) electrons. The molecule has 4 rings (SSSR count). The van der Waals surface area contributed by atoms with Crippen LogP contribution in [0.25, 0.3) is 6.08 Å². The first-order valence-corrected chi connectivity index (χ1v) is 12.4. The van der Waals surface area contributed by atoms with Crippen molar-refractivity contribution in [1.29, 1.82) is 0 Å². The zero-order valence-electron chi connectivity index (χ0n) is 18.0. The van der Waals surface area contributed by atoms with Crippen LogP contribution in [0, 0.1) is 13.8 Å². The lowest BCUT2D eigenvalue weighted by Crippen LogP contribution is -2.27. The van der Waals surface area contributed by atoms with E-state index in [0.717, 1.165) is 28.5 Å². The lowest BCUT2D eigenvalue weighted by atomic mass is 10.1. The summed E-state index contributed by atoms with van der Waals surface area (Å²) >= 11 is 0.884. The third kappa shape index (κ3) is 5.35. The van der Waals surface area contributed by atoms with Gasteiger partial charge < -0.3 is 4.18 Å². The van der Waals surface area contributed by atoms with Crippen molar-refractivity contribution in [2.75, 3.05) is 0 Å². The number of rotatable bonds is 6. The van der Waals surface area contributed by atoms with Crippen LogP contribution in [0.3, 0.4) is 0 Å². The fourth-order valence-corrected chi connectivity index (χ4v) is 5.05. The number of hydrogen-bond acceptors (Lipinski definition) is 6. The van der Waals surface area contributed by atoms with Gasteiger partial charge in [0.1, 0.15) is 10.6 Å². The number of amides is 2. The van der Waals surface area contributed by atoms with E-state index in [1.165, 1.54) is 29.2 Å². The van der Waals surface area contributed by atoms with Crippen molar-refractivity contribution in [3.63, 3.8) is 0 Å². The molecule has 1 fully saturated rings. The second kappa shape index (κ2) is 9.25. The molecule has 1 saturated heterocycles. The summed E-state index contributed by atoms with van der Waals surface area (Å²) < 4.78 is 30.1. The third-order valence-electron chi connectivity index (χ3n) is 4.99. The molecule has 0 aromatic heterocycles. The highest BCUT2D eigenvalue weighted by molar-refractivity contribution is 8.18. The van der Waals surface area contributed by atoms with E-state index in [1.54, 1.807) is 30.3 Å². The Balaban J connectivity index is 1.47. The van der Waals surface area contributed by atoms with Crippen molar-refractivity contribution < 1.29 is 22.2 Å². The minimum atomic E-state index is -3.95. The summed E-state index contributed by atoms with van der Waals surface area (Å²) in [5.74, 6) is -0.200. The first-order valence-electron chi connectivity index (χ1n) is 10.1. The molecule has 0 bridgehead atoms. The van der Waals surface area contributed by atoms with E-state index in [0.29, 0.717) is 10.5 Å². The highest BCUT2D eigenvalue weighted by Gasteiger charge is 2.35. The van der Waals surface area contributed by atoms with Gasteiger partial charge in [-0.05, 0) is 67.1 Å². The molecule has 0 aliphatic carbocycles. The SMILES string of the molecule is Cc1ccc(S(=O)(=O)Oc2ccc(/C=C3\SC(=O)N(Cc4cccc(C)c4)C3=O)cc2)cc1. The first kappa shape index (κ1) is 22.8. The average molecular weight is 480 g/mol. The van der Waals surface area contributed by atoms with Crippen LogP contribution in [0.1, 0.15) is 22.3 Å². The van der Waals surface area contributed by atoms with Gasteiger partial charge in [-0.1, -0.05) is 59.7 Å². The van der Waals surface area contributed by atoms with E-state index < -0.39 is 10.1 Å². The number of carbonyl (C=O) groups is 2. The van der Waals surface area contributed by atoms with Crippen molar-refractivity contribution >= 4 is 39.1 Å². The van der Waals surface area contributed by atoms with Crippen LogP contribution in [-0.2, 0) is 21.5 Å². The van der Waals surface area contributed by atoms with Crippen molar-refractivity contribution in [1.82, 2.24) is 4.90 Å². The number of thioether (sulfide) groups is 1. The van der Waals surface area contributed by atoms with Crippen LogP contribution in [-0.4, -0.2) is 24.5 Å². The molecule has 8 heteroatoms. The summed E-state index contributed by atoms with van der Waals surface area (Å²) in [5.41, 5.74) is 3.54. The van der Waals surface area contributed by atoms with Gasteiger partial charge in [0.25, 0.3) is 11.1 Å². The van der Waals surface area contributed by atoms with Crippen molar-refractivity contribution in [2.24, 2.45) is 0 Å². The van der Waals surface area contributed by atoms with Gasteiger partial charge in [-0.15, -0.1) is 0 Å². The fraction of sp³-hybridized carbons (Fsp3) is 0.120. The molecule has 6 nitrogen and oxygen atoms in total. The van der Waals surface area contributed by atoms with Gasteiger partial charge in [-0.3, -0.25) is 14.5 Å². The summed E-state index contributed by atoms with van der Waals surface area (Å²) in [7, 11) is -3.95. The zero-order chi connectivity index (χ0) is 23.6. The molecular formula is C25H21NO5S2. The first-order chi connectivity index (χ1) is 15.7. The standard InChI is InChI=1S/C25H21NO5S2/c1-17-6-12-22(13-7-17)33(29,30)31-21-10-8-19(9-11-21)15-23-24(27)26(25(28)32-23)16-20-5-3-4-18(2)14-20/h3-15H,16H2,1-2H3/b23-15-. The van der Waals surface area contributed by atoms with Crippen LogP contribution in [0.5, 0.6) is 5.75 Å². The normalized spacial score (nSPS) is 15.3. The molecule has 3 aromatic rings. The summed E-state index contributed by atoms with van der Waals surface area (Å²) in [6.45, 7) is 4.04. The van der Waals surface area contributed by atoms with E-state index in [9.17, 15) is 18.0 Å². The number of nitrogens with zero attached hydrogens (tertiary/aromatic N) is 1. The molecule has 0 N–H and O–H groups in total. The van der Waals surface area contributed by atoms with E-state index in [4.69, 9.17) is 4.18 Å². The third-order valence-corrected chi connectivity index (χ3v) is 7.16. The van der Waals surface area contributed by atoms with E-state index in [1.807, 2.05) is 38.1 Å². The van der Waals surface area contributed by atoms with Crippen LogP contribution >= 0.6 is 11.8 Å². The van der Waals surface area contributed by atoms with Gasteiger partial charge in [0.2, 0.25) is 0 Å². The molecule has 0 unspecified atom stereocenters. The quantitative estimate of drug-likeness (QED) is 0.352. The number of aryl methyl sites for hydroxylation is 2. The maximum atomic E-state index is 12.8.